The van der Waals surface area contributed by atoms with Crippen LogP contribution in [0.2, 0.25) is 0 Å². The van der Waals surface area contributed by atoms with E-state index in [0.717, 1.165) is 39.1 Å². The van der Waals surface area contributed by atoms with E-state index in [4.69, 9.17) is 0 Å². The summed E-state index contributed by atoms with van der Waals surface area (Å²) in [4.78, 5) is 2.41. The van der Waals surface area contributed by atoms with E-state index in [1.807, 2.05) is 0 Å². The third kappa shape index (κ3) is 4.71. The molecule has 20 heavy (non-hydrogen) atoms. The molecule has 5 heteroatoms. The first-order chi connectivity index (χ1) is 9.55. The van der Waals surface area contributed by atoms with Crippen molar-refractivity contribution in [3.8, 4) is 0 Å². The Hall–Kier alpha value is -0.130. The van der Waals surface area contributed by atoms with Crippen LogP contribution < -0.4 is 5.32 Å². The van der Waals surface area contributed by atoms with Gasteiger partial charge in [0.2, 0.25) is 0 Å². The summed E-state index contributed by atoms with van der Waals surface area (Å²) < 4.78 is 23.4. The Balaban J connectivity index is 1.96. The molecule has 1 aliphatic heterocycles. The van der Waals surface area contributed by atoms with Gasteiger partial charge in [-0.3, -0.25) is 0 Å². The number of nitrogens with one attached hydrogen (secondary N) is 1. The molecule has 1 heterocycles. The number of rotatable bonds is 5. The molecular formula is C15H30N2O2S. The zero-order valence-corrected chi connectivity index (χ0v) is 13.7. The normalized spacial score (nSPS) is 27.1. The number of sulfone groups is 1. The maximum Gasteiger partial charge on any atom is 0.151 e. The van der Waals surface area contributed by atoms with Crippen LogP contribution in [-0.4, -0.2) is 57.5 Å². The van der Waals surface area contributed by atoms with Crippen molar-refractivity contribution in [2.75, 3.05) is 44.2 Å². The van der Waals surface area contributed by atoms with Gasteiger partial charge >= 0.3 is 0 Å². The third-order valence-corrected chi connectivity index (χ3v) is 6.59. The molecule has 0 aromatic carbocycles. The summed E-state index contributed by atoms with van der Waals surface area (Å²) in [7, 11) is -2.79. The van der Waals surface area contributed by atoms with Crippen LogP contribution in [0.5, 0.6) is 0 Å². The van der Waals surface area contributed by atoms with Crippen molar-refractivity contribution in [2.24, 2.45) is 5.41 Å². The second-order valence-electron chi connectivity index (χ2n) is 6.62. The summed E-state index contributed by atoms with van der Waals surface area (Å²) in [5.41, 5.74) is 0.377. The van der Waals surface area contributed by atoms with E-state index in [1.54, 1.807) is 0 Å². The maximum absolute atomic E-state index is 11.7. The van der Waals surface area contributed by atoms with Crippen LogP contribution in [0.1, 0.15) is 45.4 Å². The lowest BCUT2D eigenvalue weighted by Gasteiger charge is -2.41. The molecule has 0 aromatic rings. The average Bonchev–Trinajstić information content (AvgIpc) is 2.59. The monoisotopic (exact) mass is 302 g/mol. The van der Waals surface area contributed by atoms with Crippen LogP contribution in [0.4, 0.5) is 0 Å². The van der Waals surface area contributed by atoms with Gasteiger partial charge in [-0.2, -0.15) is 0 Å². The Morgan fingerprint density at radius 2 is 1.80 bits per heavy atom. The van der Waals surface area contributed by atoms with Crippen LogP contribution in [-0.2, 0) is 9.84 Å². The van der Waals surface area contributed by atoms with Crippen molar-refractivity contribution in [3.05, 3.63) is 0 Å². The zero-order chi connectivity index (χ0) is 14.5. The highest BCUT2D eigenvalue weighted by molar-refractivity contribution is 7.91. The molecule has 0 aromatic heterocycles. The van der Waals surface area contributed by atoms with Gasteiger partial charge in [0.15, 0.2) is 9.84 Å². The molecule has 1 N–H and O–H groups in total. The molecule has 2 rings (SSSR count). The Kier molecular flexibility index (Phi) is 5.87. The van der Waals surface area contributed by atoms with Crippen LogP contribution in [0.15, 0.2) is 0 Å². The van der Waals surface area contributed by atoms with E-state index < -0.39 is 9.84 Å². The molecule has 4 nitrogen and oxygen atoms in total. The molecule has 0 spiro atoms. The fourth-order valence-corrected chi connectivity index (χ4v) is 5.01. The Labute approximate surface area is 124 Å². The van der Waals surface area contributed by atoms with Crippen molar-refractivity contribution in [1.29, 1.82) is 0 Å². The summed E-state index contributed by atoms with van der Waals surface area (Å²) in [6.07, 6.45) is 7.42. The highest BCUT2D eigenvalue weighted by atomic mass is 32.2. The molecule has 1 saturated heterocycles. The van der Waals surface area contributed by atoms with Gasteiger partial charge in [0.05, 0.1) is 11.5 Å². The molecule has 0 unspecified atom stereocenters. The van der Waals surface area contributed by atoms with E-state index >= 15 is 0 Å². The van der Waals surface area contributed by atoms with E-state index in [0.29, 0.717) is 16.9 Å². The first-order valence-electron chi connectivity index (χ1n) is 8.19. The molecule has 0 amide bonds. The predicted molar refractivity (Wildman–Crippen MR) is 83.8 cm³/mol. The highest BCUT2D eigenvalue weighted by Gasteiger charge is 2.34. The fraction of sp³-hybridized carbons (Fsp3) is 1.00. The lowest BCUT2D eigenvalue weighted by molar-refractivity contribution is 0.107. The average molecular weight is 302 g/mol. The van der Waals surface area contributed by atoms with E-state index in [9.17, 15) is 8.42 Å². The standard InChI is InChI=1S/C15H30N2O2S/c1-2-16-13-15(7-4-3-5-8-15)14-17-9-6-11-20(18,19)12-10-17/h16H,2-14H2,1H3. The smallest absolute Gasteiger partial charge is 0.151 e. The lowest BCUT2D eigenvalue weighted by atomic mass is 9.73. The van der Waals surface area contributed by atoms with Crippen LogP contribution >= 0.6 is 0 Å². The summed E-state index contributed by atoms with van der Waals surface area (Å²) in [5.74, 6) is 0.730. The van der Waals surface area contributed by atoms with Gasteiger partial charge in [-0.25, -0.2) is 8.42 Å². The second kappa shape index (κ2) is 7.23. The summed E-state index contributed by atoms with van der Waals surface area (Å²) in [6, 6.07) is 0. The number of nitrogens with zero attached hydrogens (tertiary/aromatic N) is 1. The Morgan fingerprint density at radius 3 is 2.50 bits per heavy atom. The van der Waals surface area contributed by atoms with Crippen LogP contribution in [0.3, 0.4) is 0 Å². The largest absolute Gasteiger partial charge is 0.316 e. The van der Waals surface area contributed by atoms with Gasteiger partial charge in [-0.1, -0.05) is 26.2 Å². The number of hydrogen-bond acceptors (Lipinski definition) is 4. The first kappa shape index (κ1) is 16.2. The van der Waals surface area contributed by atoms with Crippen LogP contribution in [0.25, 0.3) is 0 Å². The van der Waals surface area contributed by atoms with Crippen LogP contribution in [0, 0.1) is 5.41 Å². The van der Waals surface area contributed by atoms with Crippen molar-refractivity contribution in [3.63, 3.8) is 0 Å². The van der Waals surface area contributed by atoms with Crippen molar-refractivity contribution in [1.82, 2.24) is 10.2 Å². The molecule has 0 bridgehead atoms. The summed E-state index contributed by atoms with van der Waals surface area (Å²) in [6.45, 7) is 7.04. The molecule has 0 radical (unpaired) electrons. The molecule has 118 valence electrons. The molecule has 1 aliphatic carbocycles. The topological polar surface area (TPSA) is 49.4 Å². The quantitative estimate of drug-likeness (QED) is 0.839. The van der Waals surface area contributed by atoms with Crippen molar-refractivity contribution >= 4 is 9.84 Å². The lowest BCUT2D eigenvalue weighted by Crippen LogP contribution is -2.46. The second-order valence-corrected chi connectivity index (χ2v) is 8.93. The van der Waals surface area contributed by atoms with E-state index in [2.05, 4.69) is 17.1 Å². The van der Waals surface area contributed by atoms with Gasteiger partial charge in [-0.05, 0) is 37.8 Å². The molecule has 2 fully saturated rings. The van der Waals surface area contributed by atoms with Crippen molar-refractivity contribution in [2.45, 2.75) is 45.4 Å². The fourth-order valence-electron chi connectivity index (χ4n) is 3.71. The Bertz CT molecular complexity index is 389. The summed E-state index contributed by atoms with van der Waals surface area (Å²) in [5, 5.41) is 3.54. The minimum atomic E-state index is -2.79. The van der Waals surface area contributed by atoms with Gasteiger partial charge in [-0.15, -0.1) is 0 Å². The van der Waals surface area contributed by atoms with E-state index in [1.165, 1.54) is 32.1 Å². The third-order valence-electron chi connectivity index (χ3n) is 4.87. The summed E-state index contributed by atoms with van der Waals surface area (Å²) >= 11 is 0. The van der Waals surface area contributed by atoms with Gasteiger partial charge in [0.25, 0.3) is 0 Å². The molecule has 0 atom stereocenters. The predicted octanol–water partition coefficient (Wildman–Crippen LogP) is 1.67. The number of hydrogen-bond donors (Lipinski definition) is 1. The molecule has 1 saturated carbocycles. The van der Waals surface area contributed by atoms with Crippen molar-refractivity contribution < 1.29 is 8.42 Å². The highest BCUT2D eigenvalue weighted by Crippen LogP contribution is 2.36. The maximum atomic E-state index is 11.7. The van der Waals surface area contributed by atoms with Gasteiger partial charge in [0, 0.05) is 19.6 Å². The zero-order valence-electron chi connectivity index (χ0n) is 12.9. The van der Waals surface area contributed by atoms with E-state index in [-0.39, 0.29) is 0 Å². The van der Waals surface area contributed by atoms with Gasteiger partial charge in [0.1, 0.15) is 0 Å². The SMILES string of the molecule is CCNCC1(CN2CCCS(=O)(=O)CC2)CCCCC1. The first-order valence-corrected chi connectivity index (χ1v) is 10.0. The minimum Gasteiger partial charge on any atom is -0.316 e. The Morgan fingerprint density at radius 1 is 1.05 bits per heavy atom. The van der Waals surface area contributed by atoms with Gasteiger partial charge < -0.3 is 10.2 Å². The molecular weight excluding hydrogens is 272 g/mol. The minimum absolute atomic E-state index is 0.351. The molecule has 2 aliphatic rings.